The molecule has 2 aromatic heterocycles. The molecule has 21 heavy (non-hydrogen) atoms. The number of hydrogen-bond donors (Lipinski definition) is 0. The monoisotopic (exact) mass is 281 g/mol. The molecular formula is C15H11N3O3. The van der Waals surface area contributed by atoms with Gasteiger partial charge in [0.25, 0.3) is 5.69 Å². The summed E-state index contributed by atoms with van der Waals surface area (Å²) in [4.78, 5) is 26.0. The minimum atomic E-state index is -0.461. The zero-order chi connectivity index (χ0) is 15.0. The van der Waals surface area contributed by atoms with Gasteiger partial charge < -0.3 is 0 Å². The lowest BCUT2D eigenvalue weighted by atomic mass is 10.1. The van der Waals surface area contributed by atoms with E-state index in [1.807, 2.05) is 19.1 Å². The van der Waals surface area contributed by atoms with Crippen LogP contribution in [0.15, 0.2) is 42.6 Å². The molecule has 0 bridgehead atoms. The molecule has 6 heteroatoms. The van der Waals surface area contributed by atoms with E-state index in [9.17, 15) is 14.9 Å². The Kier molecular flexibility index (Phi) is 2.98. The summed E-state index contributed by atoms with van der Waals surface area (Å²) >= 11 is 0. The Labute approximate surface area is 119 Å². The van der Waals surface area contributed by atoms with E-state index in [-0.39, 0.29) is 5.69 Å². The molecule has 0 aliphatic heterocycles. The largest absolute Gasteiger partial charge is 0.297 e. The predicted molar refractivity (Wildman–Crippen MR) is 77.4 cm³/mol. The summed E-state index contributed by atoms with van der Waals surface area (Å²) < 4.78 is 1.71. The Bertz CT molecular complexity index is 850. The first kappa shape index (κ1) is 13.0. The van der Waals surface area contributed by atoms with Crippen molar-refractivity contribution in [1.82, 2.24) is 9.38 Å². The van der Waals surface area contributed by atoms with Gasteiger partial charge >= 0.3 is 0 Å². The van der Waals surface area contributed by atoms with Crippen molar-refractivity contribution in [3.05, 3.63) is 64.0 Å². The van der Waals surface area contributed by atoms with E-state index < -0.39 is 4.92 Å². The number of nitrogens with zero attached hydrogens (tertiary/aromatic N) is 3. The lowest BCUT2D eigenvalue weighted by Crippen LogP contribution is -1.92. The highest BCUT2D eigenvalue weighted by Gasteiger charge is 2.14. The van der Waals surface area contributed by atoms with Gasteiger partial charge in [0.1, 0.15) is 17.0 Å². The first-order valence-corrected chi connectivity index (χ1v) is 6.29. The van der Waals surface area contributed by atoms with Crippen molar-refractivity contribution in [2.45, 2.75) is 6.92 Å². The topological polar surface area (TPSA) is 77.5 Å². The molecule has 0 aliphatic carbocycles. The number of fused-ring (bicyclic) bond motifs is 1. The number of rotatable bonds is 3. The average Bonchev–Trinajstić information content (AvgIpc) is 2.84. The van der Waals surface area contributed by atoms with Crippen molar-refractivity contribution < 1.29 is 9.72 Å². The lowest BCUT2D eigenvalue weighted by molar-refractivity contribution is -0.384. The fraction of sp³-hybridized carbons (Fsp3) is 0.0667. The highest BCUT2D eigenvalue weighted by molar-refractivity contribution is 5.86. The summed E-state index contributed by atoms with van der Waals surface area (Å²) in [6.45, 7) is 1.95. The third-order valence-corrected chi connectivity index (χ3v) is 3.28. The molecule has 1 aromatic carbocycles. The number of non-ortho nitro benzene ring substituents is 1. The standard InChI is InChI=1S/C15H11N3O3/c1-10-6-7-17-13(9-19)15(16-14(17)8-10)11-2-4-12(5-3-11)18(20)21/h2-9H,1H3. The maximum Gasteiger partial charge on any atom is 0.269 e. The number of nitro benzene ring substituents is 1. The van der Waals surface area contributed by atoms with Gasteiger partial charge in [0.2, 0.25) is 0 Å². The molecule has 0 spiro atoms. The number of hydrogen-bond acceptors (Lipinski definition) is 4. The number of carbonyl (C=O) groups excluding carboxylic acids is 1. The summed E-state index contributed by atoms with van der Waals surface area (Å²) in [6.07, 6.45) is 2.53. The zero-order valence-electron chi connectivity index (χ0n) is 11.2. The zero-order valence-corrected chi connectivity index (χ0v) is 11.2. The van der Waals surface area contributed by atoms with Crippen molar-refractivity contribution >= 4 is 17.6 Å². The van der Waals surface area contributed by atoms with Crippen LogP contribution < -0.4 is 0 Å². The predicted octanol–water partition coefficient (Wildman–Crippen LogP) is 3.03. The number of imidazole rings is 1. The molecule has 0 N–H and O–H groups in total. The number of nitro groups is 1. The molecule has 0 fully saturated rings. The van der Waals surface area contributed by atoms with Crippen LogP contribution in [0.4, 0.5) is 5.69 Å². The van der Waals surface area contributed by atoms with Crippen molar-refractivity contribution in [2.24, 2.45) is 0 Å². The molecule has 3 rings (SSSR count). The molecule has 0 saturated heterocycles. The third-order valence-electron chi connectivity index (χ3n) is 3.28. The molecule has 0 amide bonds. The van der Waals surface area contributed by atoms with E-state index in [4.69, 9.17) is 0 Å². The van der Waals surface area contributed by atoms with Crippen LogP contribution in [0.3, 0.4) is 0 Å². The minimum absolute atomic E-state index is 0.00557. The molecule has 0 aliphatic rings. The van der Waals surface area contributed by atoms with Gasteiger partial charge in [-0.1, -0.05) is 0 Å². The van der Waals surface area contributed by atoms with Crippen molar-refractivity contribution in [1.29, 1.82) is 0 Å². The van der Waals surface area contributed by atoms with Crippen molar-refractivity contribution in [3.63, 3.8) is 0 Å². The van der Waals surface area contributed by atoms with E-state index in [2.05, 4.69) is 4.98 Å². The minimum Gasteiger partial charge on any atom is -0.297 e. The quantitative estimate of drug-likeness (QED) is 0.420. The van der Waals surface area contributed by atoms with Crippen LogP contribution in [-0.4, -0.2) is 20.6 Å². The molecular weight excluding hydrogens is 270 g/mol. The molecule has 6 nitrogen and oxygen atoms in total. The van der Waals surface area contributed by atoms with Crippen LogP contribution in [0.25, 0.3) is 16.9 Å². The van der Waals surface area contributed by atoms with E-state index in [0.29, 0.717) is 22.6 Å². The fourth-order valence-electron chi connectivity index (χ4n) is 2.23. The summed E-state index contributed by atoms with van der Waals surface area (Å²) in [7, 11) is 0. The van der Waals surface area contributed by atoms with E-state index in [0.717, 1.165) is 11.8 Å². The second-order valence-corrected chi connectivity index (χ2v) is 4.70. The van der Waals surface area contributed by atoms with Gasteiger partial charge in [0.15, 0.2) is 6.29 Å². The maximum absolute atomic E-state index is 11.4. The Morgan fingerprint density at radius 1 is 1.24 bits per heavy atom. The van der Waals surface area contributed by atoms with Crippen LogP contribution in [0.1, 0.15) is 16.1 Å². The van der Waals surface area contributed by atoms with Gasteiger partial charge in [0, 0.05) is 23.9 Å². The normalized spacial score (nSPS) is 10.7. The molecule has 2 heterocycles. The van der Waals surface area contributed by atoms with Crippen LogP contribution in [-0.2, 0) is 0 Å². The molecule has 3 aromatic rings. The highest BCUT2D eigenvalue weighted by atomic mass is 16.6. The average molecular weight is 281 g/mol. The van der Waals surface area contributed by atoms with E-state index >= 15 is 0 Å². The number of benzene rings is 1. The Hall–Kier alpha value is -3.02. The Morgan fingerprint density at radius 3 is 2.57 bits per heavy atom. The van der Waals surface area contributed by atoms with Gasteiger partial charge in [-0.05, 0) is 36.8 Å². The van der Waals surface area contributed by atoms with Crippen LogP contribution >= 0.6 is 0 Å². The second-order valence-electron chi connectivity index (χ2n) is 4.70. The number of aryl methyl sites for hydroxylation is 1. The number of carbonyl (C=O) groups is 1. The summed E-state index contributed by atoms with van der Waals surface area (Å²) in [5.74, 6) is 0. The Morgan fingerprint density at radius 2 is 1.95 bits per heavy atom. The van der Waals surface area contributed by atoms with Gasteiger partial charge in [0.05, 0.1) is 4.92 Å². The smallest absolute Gasteiger partial charge is 0.269 e. The van der Waals surface area contributed by atoms with Crippen LogP contribution in [0.5, 0.6) is 0 Å². The molecule has 0 atom stereocenters. The number of aldehydes is 1. The van der Waals surface area contributed by atoms with E-state index in [1.54, 1.807) is 22.7 Å². The molecule has 0 unspecified atom stereocenters. The second kappa shape index (κ2) is 4.82. The SMILES string of the molecule is Cc1ccn2c(C=O)c(-c3ccc([N+](=O)[O-])cc3)nc2c1. The van der Waals surface area contributed by atoms with Crippen LogP contribution in [0, 0.1) is 17.0 Å². The van der Waals surface area contributed by atoms with Gasteiger partial charge in [-0.3, -0.25) is 19.3 Å². The summed E-state index contributed by atoms with van der Waals surface area (Å²) in [5, 5.41) is 10.7. The first-order valence-electron chi connectivity index (χ1n) is 6.29. The number of pyridine rings is 1. The fourth-order valence-corrected chi connectivity index (χ4v) is 2.23. The van der Waals surface area contributed by atoms with E-state index in [1.165, 1.54) is 12.1 Å². The van der Waals surface area contributed by atoms with Crippen molar-refractivity contribution in [2.75, 3.05) is 0 Å². The van der Waals surface area contributed by atoms with Gasteiger partial charge in [-0.25, -0.2) is 4.98 Å². The number of aromatic nitrogens is 2. The lowest BCUT2D eigenvalue weighted by Gasteiger charge is -1.99. The van der Waals surface area contributed by atoms with Gasteiger partial charge in [-0.2, -0.15) is 0 Å². The summed E-state index contributed by atoms with van der Waals surface area (Å²) in [6, 6.07) is 9.76. The van der Waals surface area contributed by atoms with Crippen LogP contribution in [0.2, 0.25) is 0 Å². The van der Waals surface area contributed by atoms with Crippen molar-refractivity contribution in [3.8, 4) is 11.3 Å². The molecule has 0 saturated carbocycles. The summed E-state index contributed by atoms with van der Waals surface area (Å²) in [5.41, 5.74) is 3.34. The first-order chi connectivity index (χ1) is 10.1. The Balaban J connectivity index is 2.19. The maximum atomic E-state index is 11.4. The molecule has 0 radical (unpaired) electrons. The molecule has 104 valence electrons. The van der Waals surface area contributed by atoms with Gasteiger partial charge in [-0.15, -0.1) is 0 Å². The third kappa shape index (κ3) is 2.16. The highest BCUT2D eigenvalue weighted by Crippen LogP contribution is 2.25.